The summed E-state index contributed by atoms with van der Waals surface area (Å²) in [6.45, 7) is 0. The van der Waals surface area contributed by atoms with Gasteiger partial charge >= 0.3 is 5.97 Å². The molecule has 8 heteroatoms. The summed E-state index contributed by atoms with van der Waals surface area (Å²) in [4.78, 5) is 36.9. The van der Waals surface area contributed by atoms with Crippen molar-refractivity contribution >= 4 is 29.3 Å². The third kappa shape index (κ3) is 6.85. The molecule has 0 amide bonds. The van der Waals surface area contributed by atoms with Crippen molar-refractivity contribution in [1.29, 1.82) is 0 Å². The van der Waals surface area contributed by atoms with Gasteiger partial charge in [0, 0.05) is 23.8 Å². The number of rotatable bonds is 7. The van der Waals surface area contributed by atoms with Crippen molar-refractivity contribution in [3.63, 3.8) is 0 Å². The number of carboxylic acids is 1. The number of allylic oxidation sites excluding steroid dienone is 3. The van der Waals surface area contributed by atoms with Crippen LogP contribution in [-0.4, -0.2) is 44.9 Å². The fraction of sp³-hybridized carbons (Fsp3) is 0.381. The van der Waals surface area contributed by atoms with Crippen LogP contribution in [0.4, 0.5) is 0 Å². The van der Waals surface area contributed by atoms with Crippen molar-refractivity contribution in [2.75, 3.05) is 0 Å². The van der Waals surface area contributed by atoms with Gasteiger partial charge in [-0.25, -0.2) is 4.79 Å². The highest BCUT2D eigenvalue weighted by Crippen LogP contribution is 2.34. The van der Waals surface area contributed by atoms with E-state index < -0.39 is 12.0 Å². The number of aliphatic carboxylic acids is 1. The van der Waals surface area contributed by atoms with Crippen molar-refractivity contribution in [2.45, 2.75) is 49.8 Å². The average Bonchev–Trinajstić information content (AvgIpc) is 2.66. The summed E-state index contributed by atoms with van der Waals surface area (Å²) in [6.07, 6.45) is 8.51. The molecule has 6 N–H and O–H groups in total. The number of carboxylic acid groups (broad SMARTS) is 1. The highest BCUT2D eigenvalue weighted by atomic mass is 32.2. The van der Waals surface area contributed by atoms with E-state index in [2.05, 4.69) is 5.32 Å². The second kappa shape index (κ2) is 11.5. The highest BCUT2D eigenvalue weighted by molar-refractivity contribution is 8.04. The quantitative estimate of drug-likeness (QED) is 0.639. The third-order valence-corrected chi connectivity index (χ3v) is 6.18. The molecule has 0 spiro atoms. The number of hydrogen-bond donors (Lipinski definition) is 2. The van der Waals surface area contributed by atoms with Gasteiger partial charge in [-0.1, -0.05) is 49.6 Å². The van der Waals surface area contributed by atoms with E-state index in [9.17, 15) is 19.5 Å². The first-order chi connectivity index (χ1) is 13.0. The lowest BCUT2D eigenvalue weighted by molar-refractivity contribution is -0.139. The Labute approximate surface area is 173 Å². The van der Waals surface area contributed by atoms with Gasteiger partial charge in [0.25, 0.3) is 0 Å². The van der Waals surface area contributed by atoms with Gasteiger partial charge in [-0.2, -0.15) is 0 Å². The van der Waals surface area contributed by atoms with Crippen LogP contribution in [0.5, 0.6) is 0 Å². The van der Waals surface area contributed by atoms with Gasteiger partial charge in [0.2, 0.25) is 5.78 Å². The molecule has 2 aliphatic carbocycles. The first kappa shape index (κ1) is 24.6. The number of carbonyl (C=O) groups excluding carboxylic acids is 2. The van der Waals surface area contributed by atoms with Gasteiger partial charge in [0.15, 0.2) is 5.78 Å². The molecule has 1 aromatic rings. The summed E-state index contributed by atoms with van der Waals surface area (Å²) in [5, 5.41) is 12.6. The molecule has 29 heavy (non-hydrogen) atoms. The second-order valence-electron chi connectivity index (χ2n) is 6.90. The molecule has 0 unspecified atom stereocenters. The Morgan fingerprint density at radius 2 is 1.69 bits per heavy atom. The van der Waals surface area contributed by atoms with Crippen molar-refractivity contribution in [3.05, 3.63) is 58.6 Å². The lowest BCUT2D eigenvalue weighted by atomic mass is 10.0. The zero-order chi connectivity index (χ0) is 19.2. The monoisotopic (exact) mass is 421 g/mol. The maximum absolute atomic E-state index is 12.4. The molecule has 7 nitrogen and oxygen atoms in total. The zero-order valence-corrected chi connectivity index (χ0v) is 16.8. The Morgan fingerprint density at radius 3 is 2.31 bits per heavy atom. The van der Waals surface area contributed by atoms with E-state index in [1.165, 1.54) is 30.3 Å². The standard InChI is InChI=1S/C21H23NO4S.2H2O/c23-18-13-20(27-15-9-5-2-6-10-15)19(24)12-16(18)22-17(21(25)26)11-14-7-3-1-4-8-14;;/h1,3-4,7-8,12-13,15,17,22H,2,5-6,9-11H2,(H,25,26);2*1H2/t17-;;/m1../s1. The minimum absolute atomic E-state index is 0. The predicted molar refractivity (Wildman–Crippen MR) is 113 cm³/mol. The molecule has 2 aliphatic rings. The van der Waals surface area contributed by atoms with Gasteiger partial charge in [0.05, 0.1) is 10.6 Å². The molecule has 0 bridgehead atoms. The summed E-state index contributed by atoms with van der Waals surface area (Å²) in [7, 11) is 0. The molecule has 0 heterocycles. The second-order valence-corrected chi connectivity index (χ2v) is 8.24. The molecule has 1 atom stereocenters. The van der Waals surface area contributed by atoms with Crippen molar-refractivity contribution in [3.8, 4) is 0 Å². The largest absolute Gasteiger partial charge is 0.480 e. The molecular weight excluding hydrogens is 394 g/mol. The van der Waals surface area contributed by atoms with Crippen LogP contribution >= 0.6 is 11.8 Å². The van der Waals surface area contributed by atoms with Crippen LogP contribution < -0.4 is 5.32 Å². The number of hydrogen-bond acceptors (Lipinski definition) is 5. The van der Waals surface area contributed by atoms with Gasteiger partial charge in [0.1, 0.15) is 6.04 Å². The smallest absolute Gasteiger partial charge is 0.326 e. The maximum Gasteiger partial charge on any atom is 0.326 e. The SMILES string of the molecule is O.O.O=C1C=C(SC2CCCCC2)C(=O)C=C1N[C@H](Cc1ccccc1)C(=O)O. The first-order valence-electron chi connectivity index (χ1n) is 9.25. The average molecular weight is 422 g/mol. The molecule has 1 fully saturated rings. The maximum atomic E-state index is 12.4. The lowest BCUT2D eigenvalue weighted by Gasteiger charge is -2.23. The summed E-state index contributed by atoms with van der Waals surface area (Å²) in [5.41, 5.74) is 0.896. The molecule has 0 radical (unpaired) electrons. The summed E-state index contributed by atoms with van der Waals surface area (Å²) in [6, 6.07) is 8.21. The van der Waals surface area contributed by atoms with Crippen LogP contribution in [0.25, 0.3) is 0 Å². The lowest BCUT2D eigenvalue weighted by Crippen LogP contribution is -2.40. The van der Waals surface area contributed by atoms with E-state index in [0.717, 1.165) is 31.2 Å². The molecular formula is C21H27NO6S. The van der Waals surface area contributed by atoms with E-state index in [1.807, 2.05) is 30.3 Å². The summed E-state index contributed by atoms with van der Waals surface area (Å²) >= 11 is 1.49. The van der Waals surface area contributed by atoms with Crippen molar-refractivity contribution in [1.82, 2.24) is 5.32 Å². The van der Waals surface area contributed by atoms with Crippen LogP contribution in [0.1, 0.15) is 37.7 Å². The molecule has 0 saturated heterocycles. The van der Waals surface area contributed by atoms with Crippen LogP contribution in [0.3, 0.4) is 0 Å². The zero-order valence-electron chi connectivity index (χ0n) is 16.0. The van der Waals surface area contributed by atoms with E-state index in [1.54, 1.807) is 0 Å². The van der Waals surface area contributed by atoms with Crippen LogP contribution in [0.2, 0.25) is 0 Å². The topological polar surface area (TPSA) is 146 Å². The van der Waals surface area contributed by atoms with E-state index in [-0.39, 0.29) is 34.6 Å². The third-order valence-electron chi connectivity index (χ3n) is 4.80. The first-order valence-corrected chi connectivity index (χ1v) is 10.1. The Kier molecular flexibility index (Phi) is 9.80. The van der Waals surface area contributed by atoms with Gasteiger partial charge in [-0.05, 0) is 18.4 Å². The number of carbonyl (C=O) groups is 3. The predicted octanol–water partition coefficient (Wildman–Crippen LogP) is 1.61. The molecule has 0 aromatic heterocycles. The Morgan fingerprint density at radius 1 is 1.03 bits per heavy atom. The Bertz CT molecular complexity index is 784. The van der Waals surface area contributed by atoms with Gasteiger partial charge < -0.3 is 21.4 Å². The van der Waals surface area contributed by atoms with E-state index >= 15 is 0 Å². The molecule has 158 valence electrons. The van der Waals surface area contributed by atoms with Gasteiger partial charge in [-0.15, -0.1) is 11.8 Å². The van der Waals surface area contributed by atoms with E-state index in [4.69, 9.17) is 0 Å². The Hall–Kier alpha value is -2.42. The number of nitrogens with one attached hydrogen (secondary N) is 1. The van der Waals surface area contributed by atoms with Crippen LogP contribution in [0.15, 0.2) is 53.1 Å². The van der Waals surface area contributed by atoms with Crippen molar-refractivity contribution in [2.24, 2.45) is 0 Å². The number of benzene rings is 1. The Balaban J connectivity index is 0.00000210. The minimum Gasteiger partial charge on any atom is -0.480 e. The summed E-state index contributed by atoms with van der Waals surface area (Å²) < 4.78 is 0. The minimum atomic E-state index is -1.06. The van der Waals surface area contributed by atoms with Crippen LogP contribution in [0, 0.1) is 0 Å². The molecule has 3 rings (SSSR count). The number of ketones is 2. The number of thioether (sulfide) groups is 1. The molecule has 0 aliphatic heterocycles. The fourth-order valence-electron chi connectivity index (χ4n) is 3.35. The fourth-order valence-corrected chi connectivity index (χ4v) is 4.62. The van der Waals surface area contributed by atoms with E-state index in [0.29, 0.717) is 10.2 Å². The van der Waals surface area contributed by atoms with Crippen LogP contribution in [-0.2, 0) is 20.8 Å². The highest BCUT2D eigenvalue weighted by Gasteiger charge is 2.27. The molecule has 1 saturated carbocycles. The summed E-state index contributed by atoms with van der Waals surface area (Å²) in [5.74, 6) is -1.63. The van der Waals surface area contributed by atoms with Crippen molar-refractivity contribution < 1.29 is 30.4 Å². The van der Waals surface area contributed by atoms with Gasteiger partial charge in [-0.3, -0.25) is 9.59 Å². The normalized spacial score (nSPS) is 17.9. The molecule has 1 aromatic carbocycles.